The van der Waals surface area contributed by atoms with Crippen LogP contribution in [0.2, 0.25) is 0 Å². The summed E-state index contributed by atoms with van der Waals surface area (Å²) in [7, 11) is 0. The third-order valence-electron chi connectivity index (χ3n) is 3.87. The van der Waals surface area contributed by atoms with E-state index in [9.17, 15) is 4.79 Å². The predicted molar refractivity (Wildman–Crippen MR) is 123 cm³/mol. The highest BCUT2D eigenvalue weighted by Crippen LogP contribution is 2.23. The van der Waals surface area contributed by atoms with Crippen LogP contribution in [0.4, 0.5) is 0 Å². The van der Waals surface area contributed by atoms with Gasteiger partial charge in [0.1, 0.15) is 5.75 Å². The van der Waals surface area contributed by atoms with Gasteiger partial charge in [0.15, 0.2) is 5.96 Å². The predicted octanol–water partition coefficient (Wildman–Crippen LogP) is 3.37. The lowest BCUT2D eigenvalue weighted by Crippen LogP contribution is -2.43. The van der Waals surface area contributed by atoms with E-state index in [1.165, 1.54) is 0 Å². The Bertz CT molecular complexity index is 593. The van der Waals surface area contributed by atoms with Crippen molar-refractivity contribution in [2.24, 2.45) is 4.99 Å². The summed E-state index contributed by atoms with van der Waals surface area (Å²) in [5.41, 5.74) is 2.19. The van der Waals surface area contributed by atoms with E-state index < -0.39 is 0 Å². The van der Waals surface area contributed by atoms with Crippen molar-refractivity contribution < 1.29 is 9.53 Å². The second-order valence-corrected chi connectivity index (χ2v) is 6.35. The van der Waals surface area contributed by atoms with E-state index in [0.717, 1.165) is 36.3 Å². The molecule has 154 valence electrons. The Morgan fingerprint density at radius 3 is 2.56 bits per heavy atom. The summed E-state index contributed by atoms with van der Waals surface area (Å²) >= 11 is 0. The number of aliphatic imine (C=N–C) groups is 1. The minimum atomic E-state index is -0.0337. The molecule has 0 spiro atoms. The van der Waals surface area contributed by atoms with Crippen molar-refractivity contribution in [3.63, 3.8) is 0 Å². The smallest absolute Gasteiger partial charge is 0.239 e. The first-order valence-electron chi connectivity index (χ1n) is 9.55. The Morgan fingerprint density at radius 1 is 1.19 bits per heavy atom. The second kappa shape index (κ2) is 14.5. The molecule has 6 nitrogen and oxygen atoms in total. The first-order valence-corrected chi connectivity index (χ1v) is 9.55. The van der Waals surface area contributed by atoms with Crippen molar-refractivity contribution in [2.45, 2.75) is 60.1 Å². The van der Waals surface area contributed by atoms with Crippen molar-refractivity contribution in [1.82, 2.24) is 16.0 Å². The highest BCUT2D eigenvalue weighted by Gasteiger charge is 2.09. The van der Waals surface area contributed by atoms with Crippen LogP contribution >= 0.6 is 24.0 Å². The third kappa shape index (κ3) is 10.4. The molecular weight excluding hydrogens is 455 g/mol. The van der Waals surface area contributed by atoms with Crippen LogP contribution in [0.5, 0.6) is 5.75 Å². The second-order valence-electron chi connectivity index (χ2n) is 6.35. The summed E-state index contributed by atoms with van der Waals surface area (Å²) in [5, 5.41) is 9.08. The summed E-state index contributed by atoms with van der Waals surface area (Å²) in [6.45, 7) is 12.4. The van der Waals surface area contributed by atoms with E-state index >= 15 is 0 Å². The van der Waals surface area contributed by atoms with Gasteiger partial charge in [-0.1, -0.05) is 26.0 Å². The number of nitrogens with one attached hydrogen (secondary N) is 3. The van der Waals surface area contributed by atoms with E-state index in [2.05, 4.69) is 53.8 Å². The minimum Gasteiger partial charge on any atom is -0.490 e. The number of benzene rings is 1. The van der Waals surface area contributed by atoms with Gasteiger partial charge in [0.05, 0.1) is 19.2 Å². The maximum Gasteiger partial charge on any atom is 0.239 e. The Hall–Kier alpha value is -1.51. The van der Waals surface area contributed by atoms with E-state index in [4.69, 9.17) is 4.74 Å². The Morgan fingerprint density at radius 2 is 1.93 bits per heavy atom. The number of hydrogen-bond donors (Lipinski definition) is 3. The summed E-state index contributed by atoms with van der Waals surface area (Å²) in [6.07, 6.45) is 2.04. The van der Waals surface area contributed by atoms with Gasteiger partial charge in [-0.15, -0.1) is 24.0 Å². The molecule has 3 N–H and O–H groups in total. The Balaban J connectivity index is 0.00000676. The van der Waals surface area contributed by atoms with Gasteiger partial charge in [-0.2, -0.15) is 0 Å². The Kier molecular flexibility index (Phi) is 13.7. The average molecular weight is 490 g/mol. The lowest BCUT2D eigenvalue weighted by atomic mass is 10.1. The SMILES string of the molecule is CCCNC(=O)CNC(=NCc1ccc(C)cc1OC(C)CC)NCC.I. The van der Waals surface area contributed by atoms with Crippen molar-refractivity contribution in [1.29, 1.82) is 0 Å². The molecule has 27 heavy (non-hydrogen) atoms. The summed E-state index contributed by atoms with van der Waals surface area (Å²) in [6, 6.07) is 6.16. The highest BCUT2D eigenvalue weighted by atomic mass is 127. The van der Waals surface area contributed by atoms with Gasteiger partial charge >= 0.3 is 0 Å². The fourth-order valence-corrected chi connectivity index (χ4v) is 2.20. The van der Waals surface area contributed by atoms with E-state index in [1.807, 2.05) is 19.9 Å². The molecule has 0 heterocycles. The maximum atomic E-state index is 11.8. The van der Waals surface area contributed by atoms with Crippen molar-refractivity contribution in [3.05, 3.63) is 29.3 Å². The summed E-state index contributed by atoms with van der Waals surface area (Å²) in [4.78, 5) is 16.3. The number of nitrogens with zero attached hydrogens (tertiary/aromatic N) is 1. The topological polar surface area (TPSA) is 74.8 Å². The molecule has 0 aliphatic rings. The zero-order chi connectivity index (χ0) is 19.4. The maximum absolute atomic E-state index is 11.8. The molecule has 0 saturated carbocycles. The van der Waals surface area contributed by atoms with E-state index in [-0.39, 0.29) is 42.5 Å². The van der Waals surface area contributed by atoms with Crippen molar-refractivity contribution >= 4 is 35.8 Å². The van der Waals surface area contributed by atoms with Crippen LogP contribution in [0.3, 0.4) is 0 Å². The van der Waals surface area contributed by atoms with Crippen LogP contribution in [0.1, 0.15) is 51.7 Å². The molecule has 0 aromatic heterocycles. The van der Waals surface area contributed by atoms with Gasteiger partial charge < -0.3 is 20.7 Å². The molecule has 0 radical (unpaired) electrons. The van der Waals surface area contributed by atoms with Gasteiger partial charge in [0, 0.05) is 18.7 Å². The number of halogens is 1. The first kappa shape index (κ1) is 25.5. The fourth-order valence-electron chi connectivity index (χ4n) is 2.20. The standard InChI is InChI=1S/C20H34N4O2.HI/c1-6-11-22-19(25)14-24-20(21-8-3)23-13-17-10-9-15(4)12-18(17)26-16(5)7-2;/h9-10,12,16H,6-8,11,13-14H2,1-5H3,(H,22,25)(H2,21,23,24);1H. The van der Waals surface area contributed by atoms with E-state index in [1.54, 1.807) is 0 Å². The molecule has 1 atom stereocenters. The molecule has 0 aliphatic heterocycles. The first-order chi connectivity index (χ1) is 12.5. The molecule has 0 bridgehead atoms. The molecule has 0 fully saturated rings. The van der Waals surface area contributed by atoms with Crippen molar-refractivity contribution in [3.8, 4) is 5.75 Å². The molecule has 1 aromatic carbocycles. The number of amides is 1. The van der Waals surface area contributed by atoms with E-state index in [0.29, 0.717) is 19.0 Å². The zero-order valence-corrected chi connectivity index (χ0v) is 19.6. The van der Waals surface area contributed by atoms with Crippen LogP contribution in [0.25, 0.3) is 0 Å². The summed E-state index contributed by atoms with van der Waals surface area (Å²) < 4.78 is 6.04. The van der Waals surface area contributed by atoms with Crippen molar-refractivity contribution in [2.75, 3.05) is 19.6 Å². The quantitative estimate of drug-likeness (QED) is 0.267. The molecule has 1 amide bonds. The normalized spacial score (nSPS) is 12.0. The molecule has 0 aliphatic carbocycles. The summed E-state index contributed by atoms with van der Waals surface area (Å²) in [5.74, 6) is 1.46. The fraction of sp³-hybridized carbons (Fsp3) is 0.600. The molecule has 0 saturated heterocycles. The van der Waals surface area contributed by atoms with Gasteiger partial charge in [0.25, 0.3) is 0 Å². The largest absolute Gasteiger partial charge is 0.490 e. The Labute approximate surface area is 181 Å². The van der Waals surface area contributed by atoms with Gasteiger partial charge in [0.2, 0.25) is 5.91 Å². The average Bonchev–Trinajstić information content (AvgIpc) is 2.63. The van der Waals surface area contributed by atoms with Gasteiger partial charge in [-0.25, -0.2) is 4.99 Å². The number of carbonyl (C=O) groups is 1. The number of carbonyl (C=O) groups excluding carboxylic acids is 1. The molecular formula is C20H35IN4O2. The third-order valence-corrected chi connectivity index (χ3v) is 3.87. The van der Waals surface area contributed by atoms with Gasteiger partial charge in [-0.05, 0) is 45.2 Å². The molecule has 1 rings (SSSR count). The van der Waals surface area contributed by atoms with Crippen LogP contribution in [0, 0.1) is 6.92 Å². The molecule has 1 aromatic rings. The lowest BCUT2D eigenvalue weighted by molar-refractivity contribution is -0.120. The number of ether oxygens (including phenoxy) is 1. The lowest BCUT2D eigenvalue weighted by Gasteiger charge is -2.17. The molecule has 1 unspecified atom stereocenters. The van der Waals surface area contributed by atoms with Crippen LogP contribution in [-0.2, 0) is 11.3 Å². The zero-order valence-electron chi connectivity index (χ0n) is 17.2. The number of guanidine groups is 1. The number of rotatable bonds is 10. The van der Waals surface area contributed by atoms with Crippen LogP contribution in [0.15, 0.2) is 23.2 Å². The molecule has 7 heteroatoms. The number of aryl methyl sites for hydroxylation is 1. The van der Waals surface area contributed by atoms with Crippen LogP contribution < -0.4 is 20.7 Å². The minimum absolute atomic E-state index is 0. The van der Waals surface area contributed by atoms with Gasteiger partial charge in [-0.3, -0.25) is 4.79 Å². The monoisotopic (exact) mass is 490 g/mol. The highest BCUT2D eigenvalue weighted by molar-refractivity contribution is 14.0. The number of hydrogen-bond acceptors (Lipinski definition) is 3. The van der Waals surface area contributed by atoms with Crippen LogP contribution in [-0.4, -0.2) is 37.6 Å².